The Kier molecular flexibility index (Phi) is 5.38. The first-order chi connectivity index (χ1) is 20.3. The van der Waals surface area contributed by atoms with Gasteiger partial charge in [0.05, 0.1) is 22.9 Å². The fraction of sp³-hybridized carbons (Fsp3) is 0. The van der Waals surface area contributed by atoms with Crippen molar-refractivity contribution in [1.82, 2.24) is 19.3 Å². The second-order valence-corrected chi connectivity index (χ2v) is 10.1. The van der Waals surface area contributed by atoms with Crippen molar-refractivity contribution in [3.63, 3.8) is 0 Å². The van der Waals surface area contributed by atoms with Crippen LogP contribution in [0.5, 0.6) is 11.5 Å². The molecule has 0 radical (unpaired) electrons. The molecule has 0 saturated carbocycles. The molecule has 194 valence electrons. The van der Waals surface area contributed by atoms with Gasteiger partial charge in [0.1, 0.15) is 17.3 Å². The Hall–Kier alpha value is -5.68. The van der Waals surface area contributed by atoms with Crippen molar-refractivity contribution in [2.24, 2.45) is 0 Å². The Bertz CT molecular complexity index is 2190. The van der Waals surface area contributed by atoms with Crippen molar-refractivity contribution in [3.8, 4) is 34.1 Å². The molecule has 0 bridgehead atoms. The van der Waals surface area contributed by atoms with E-state index in [9.17, 15) is 0 Å². The molecule has 0 aliphatic carbocycles. The Morgan fingerprint density at radius 3 is 2.32 bits per heavy atom. The summed E-state index contributed by atoms with van der Waals surface area (Å²) in [6.07, 6.45) is 5.78. The Balaban J connectivity index is 1.13. The number of hydrogen-bond donors (Lipinski definition) is 0. The maximum absolute atomic E-state index is 6.40. The second-order valence-electron chi connectivity index (χ2n) is 10.1. The van der Waals surface area contributed by atoms with E-state index in [4.69, 9.17) is 4.74 Å². The summed E-state index contributed by atoms with van der Waals surface area (Å²) in [6.45, 7) is 0. The number of hydrogen-bond acceptors (Lipinski definition) is 3. The molecule has 0 unspecified atom stereocenters. The van der Waals surface area contributed by atoms with Gasteiger partial charge in [-0.2, -0.15) is 5.10 Å². The third-order valence-corrected chi connectivity index (χ3v) is 7.51. The molecule has 3 aromatic heterocycles. The molecule has 0 saturated heterocycles. The molecule has 8 aromatic rings. The third-order valence-electron chi connectivity index (χ3n) is 7.51. The Morgan fingerprint density at radius 1 is 0.561 bits per heavy atom. The molecule has 8 rings (SSSR count). The van der Waals surface area contributed by atoms with Crippen LogP contribution in [0.4, 0.5) is 0 Å². The molecule has 5 aromatic carbocycles. The minimum atomic E-state index is 0.741. The van der Waals surface area contributed by atoms with Crippen LogP contribution in [0.15, 0.2) is 146 Å². The monoisotopic (exact) mass is 528 g/mol. The van der Waals surface area contributed by atoms with Crippen LogP contribution in [0, 0.1) is 0 Å². The number of benzene rings is 5. The zero-order valence-corrected chi connectivity index (χ0v) is 22.1. The second kappa shape index (κ2) is 9.50. The zero-order valence-electron chi connectivity index (χ0n) is 22.1. The lowest BCUT2D eigenvalue weighted by atomic mass is 10.0. The van der Waals surface area contributed by atoms with Crippen LogP contribution in [-0.4, -0.2) is 19.3 Å². The van der Waals surface area contributed by atoms with Crippen LogP contribution in [0.1, 0.15) is 0 Å². The number of ether oxygens (including phenoxy) is 1. The highest BCUT2D eigenvalue weighted by atomic mass is 16.5. The van der Waals surface area contributed by atoms with E-state index in [1.165, 1.54) is 16.2 Å². The van der Waals surface area contributed by atoms with Crippen molar-refractivity contribution >= 4 is 32.6 Å². The molecular weight excluding hydrogens is 504 g/mol. The Labute approximate surface area is 236 Å². The topological polar surface area (TPSA) is 44.9 Å². The minimum absolute atomic E-state index is 0.741. The Morgan fingerprint density at radius 2 is 1.39 bits per heavy atom. The number of pyridine rings is 1. The molecule has 0 spiro atoms. The van der Waals surface area contributed by atoms with E-state index >= 15 is 0 Å². The van der Waals surface area contributed by atoms with Gasteiger partial charge in [-0.15, -0.1) is 0 Å². The smallest absolute Gasteiger partial charge is 0.137 e. The van der Waals surface area contributed by atoms with Crippen molar-refractivity contribution in [1.29, 1.82) is 0 Å². The van der Waals surface area contributed by atoms with E-state index in [1.807, 2.05) is 65.6 Å². The number of nitrogens with zero attached hydrogens (tertiary/aromatic N) is 4. The van der Waals surface area contributed by atoms with E-state index in [1.54, 1.807) is 0 Å². The van der Waals surface area contributed by atoms with E-state index in [0.29, 0.717) is 0 Å². The van der Waals surface area contributed by atoms with Gasteiger partial charge in [0.25, 0.3) is 0 Å². The highest BCUT2D eigenvalue weighted by Gasteiger charge is 2.14. The first-order valence-electron chi connectivity index (χ1n) is 13.6. The molecule has 41 heavy (non-hydrogen) atoms. The van der Waals surface area contributed by atoms with Crippen LogP contribution < -0.4 is 4.74 Å². The number of para-hydroxylation sites is 1. The van der Waals surface area contributed by atoms with Gasteiger partial charge < -0.3 is 4.74 Å². The van der Waals surface area contributed by atoms with E-state index in [0.717, 1.165) is 50.6 Å². The quantitative estimate of drug-likeness (QED) is 0.224. The summed E-state index contributed by atoms with van der Waals surface area (Å²) in [7, 11) is 0. The normalized spacial score (nSPS) is 11.4. The molecule has 0 atom stereocenters. The van der Waals surface area contributed by atoms with Gasteiger partial charge in [0, 0.05) is 40.9 Å². The summed E-state index contributed by atoms with van der Waals surface area (Å²) in [5.41, 5.74) is 5.29. The number of aromatic nitrogens is 4. The standard InChI is InChI=1S/C36H24N4O/c1-2-9-26-20-27(16-15-25(26)8-1)28-23-38-39(24-28)29-10-7-11-30(21-29)41-31-17-18-33-32-12-3-4-13-34(32)40(35(33)22-31)36-14-5-6-19-37-36/h1-24H. The van der Waals surface area contributed by atoms with E-state index in [2.05, 4.69) is 99.7 Å². The number of fused-ring (bicyclic) bond motifs is 4. The summed E-state index contributed by atoms with van der Waals surface area (Å²) in [5.74, 6) is 2.37. The van der Waals surface area contributed by atoms with Gasteiger partial charge in [-0.25, -0.2) is 9.67 Å². The summed E-state index contributed by atoms with van der Waals surface area (Å²) in [4.78, 5) is 4.63. The molecule has 5 heteroatoms. The summed E-state index contributed by atoms with van der Waals surface area (Å²) in [5, 5.41) is 9.44. The molecule has 0 aliphatic heterocycles. The van der Waals surface area contributed by atoms with E-state index in [-0.39, 0.29) is 0 Å². The average Bonchev–Trinajstić information content (AvgIpc) is 3.65. The maximum atomic E-state index is 6.40. The van der Waals surface area contributed by atoms with Gasteiger partial charge in [-0.1, -0.05) is 66.7 Å². The van der Waals surface area contributed by atoms with E-state index < -0.39 is 0 Å². The van der Waals surface area contributed by atoms with Gasteiger partial charge in [0.2, 0.25) is 0 Å². The van der Waals surface area contributed by atoms with Crippen molar-refractivity contribution < 1.29 is 4.74 Å². The largest absolute Gasteiger partial charge is 0.457 e. The summed E-state index contributed by atoms with van der Waals surface area (Å²) >= 11 is 0. The predicted octanol–water partition coefficient (Wildman–Crippen LogP) is 8.98. The van der Waals surface area contributed by atoms with Crippen molar-refractivity contribution in [3.05, 3.63) is 146 Å². The first-order valence-corrected chi connectivity index (χ1v) is 13.6. The highest BCUT2D eigenvalue weighted by molar-refractivity contribution is 6.09. The lowest BCUT2D eigenvalue weighted by Crippen LogP contribution is -1.96. The number of rotatable bonds is 5. The van der Waals surface area contributed by atoms with Gasteiger partial charge in [0.15, 0.2) is 0 Å². The summed E-state index contributed by atoms with van der Waals surface area (Å²) in [6, 6.07) is 43.5. The van der Waals surface area contributed by atoms with Crippen LogP contribution in [0.3, 0.4) is 0 Å². The predicted molar refractivity (Wildman–Crippen MR) is 165 cm³/mol. The molecule has 0 N–H and O–H groups in total. The van der Waals surface area contributed by atoms with Gasteiger partial charge in [-0.3, -0.25) is 4.57 Å². The van der Waals surface area contributed by atoms with Gasteiger partial charge in [-0.05, 0) is 64.9 Å². The lowest BCUT2D eigenvalue weighted by Gasteiger charge is -2.10. The first kappa shape index (κ1) is 23.2. The van der Waals surface area contributed by atoms with Crippen LogP contribution >= 0.6 is 0 Å². The maximum Gasteiger partial charge on any atom is 0.137 e. The molecular formula is C36H24N4O. The molecule has 0 aliphatic rings. The highest BCUT2D eigenvalue weighted by Crippen LogP contribution is 2.35. The fourth-order valence-electron chi connectivity index (χ4n) is 5.55. The fourth-order valence-corrected chi connectivity index (χ4v) is 5.55. The molecule has 0 amide bonds. The summed E-state index contributed by atoms with van der Waals surface area (Å²) < 4.78 is 10.5. The molecule has 0 fully saturated rings. The zero-order chi connectivity index (χ0) is 27.2. The SMILES string of the molecule is c1ccc(-n2c3ccccc3c3ccc(Oc4cccc(-n5cc(-c6ccc7ccccc7c6)cn5)c4)cc32)nc1. The van der Waals surface area contributed by atoms with Crippen LogP contribution in [0.2, 0.25) is 0 Å². The lowest BCUT2D eigenvalue weighted by molar-refractivity contribution is 0.483. The van der Waals surface area contributed by atoms with Crippen LogP contribution in [-0.2, 0) is 0 Å². The van der Waals surface area contributed by atoms with Crippen molar-refractivity contribution in [2.45, 2.75) is 0 Å². The molecule has 5 nitrogen and oxygen atoms in total. The van der Waals surface area contributed by atoms with Crippen molar-refractivity contribution in [2.75, 3.05) is 0 Å². The average molecular weight is 529 g/mol. The third kappa shape index (κ3) is 4.12. The minimum Gasteiger partial charge on any atom is -0.457 e. The van der Waals surface area contributed by atoms with Crippen LogP contribution in [0.25, 0.3) is 55.2 Å². The van der Waals surface area contributed by atoms with Gasteiger partial charge >= 0.3 is 0 Å². The molecule has 3 heterocycles.